The van der Waals surface area contributed by atoms with Crippen molar-refractivity contribution in [2.45, 2.75) is 26.8 Å². The molecule has 0 unspecified atom stereocenters. The predicted molar refractivity (Wildman–Crippen MR) is 78.8 cm³/mol. The molecule has 0 saturated heterocycles. The lowest BCUT2D eigenvalue weighted by Crippen LogP contribution is -2.38. The van der Waals surface area contributed by atoms with Crippen molar-refractivity contribution in [3.8, 4) is 0 Å². The number of ether oxygens (including phenoxy) is 1. The maximum Gasteiger partial charge on any atom is 0.331 e. The number of nitrogens with one attached hydrogen (secondary N) is 1. The molecule has 114 valence electrons. The van der Waals surface area contributed by atoms with E-state index in [-0.39, 0.29) is 24.1 Å². The summed E-state index contributed by atoms with van der Waals surface area (Å²) in [6, 6.07) is 6.06. The first-order chi connectivity index (χ1) is 9.90. The van der Waals surface area contributed by atoms with Crippen LogP contribution in [0.4, 0.5) is 4.39 Å². The molecule has 0 aliphatic rings. The Hall–Kier alpha value is -2.17. The number of carbonyl (C=O) groups excluding carboxylic acids is 2. The zero-order valence-corrected chi connectivity index (χ0v) is 12.4. The molecule has 1 N–H and O–H groups in total. The number of amides is 1. The van der Waals surface area contributed by atoms with Gasteiger partial charge in [-0.3, -0.25) is 4.79 Å². The largest absolute Gasteiger partial charge is 0.452 e. The van der Waals surface area contributed by atoms with Crippen molar-refractivity contribution >= 4 is 18.0 Å². The fraction of sp³-hybridized carbons (Fsp3) is 0.375. The standard InChI is InChI=1S/C16H20FNO3/c1-11(2)12(3)18-15(19)10-21-16(20)9-8-13-6-4-5-7-14(13)17/h4-9,11-12H,10H2,1-3H3,(H,18,19)/b9-8+/t12-/m1/s1. The first-order valence-corrected chi connectivity index (χ1v) is 6.79. The molecule has 5 heteroatoms. The highest BCUT2D eigenvalue weighted by atomic mass is 19.1. The maximum atomic E-state index is 13.3. The summed E-state index contributed by atoms with van der Waals surface area (Å²) in [5, 5.41) is 2.72. The summed E-state index contributed by atoms with van der Waals surface area (Å²) in [5.74, 6) is -1.18. The van der Waals surface area contributed by atoms with Crippen LogP contribution in [0.3, 0.4) is 0 Å². The molecule has 0 heterocycles. The van der Waals surface area contributed by atoms with E-state index < -0.39 is 11.8 Å². The topological polar surface area (TPSA) is 55.4 Å². The molecule has 1 aromatic rings. The van der Waals surface area contributed by atoms with Crippen LogP contribution in [0.2, 0.25) is 0 Å². The molecule has 4 nitrogen and oxygen atoms in total. The lowest BCUT2D eigenvalue weighted by Gasteiger charge is -2.16. The van der Waals surface area contributed by atoms with Crippen molar-refractivity contribution in [3.05, 3.63) is 41.7 Å². The van der Waals surface area contributed by atoms with Gasteiger partial charge >= 0.3 is 5.97 Å². The van der Waals surface area contributed by atoms with Crippen LogP contribution < -0.4 is 5.32 Å². The number of carbonyl (C=O) groups is 2. The third kappa shape index (κ3) is 6.21. The van der Waals surface area contributed by atoms with E-state index in [1.165, 1.54) is 18.2 Å². The molecule has 0 aromatic heterocycles. The van der Waals surface area contributed by atoms with Gasteiger partial charge in [0.05, 0.1) is 0 Å². The normalized spacial score (nSPS) is 12.4. The molecule has 0 spiro atoms. The van der Waals surface area contributed by atoms with Gasteiger partial charge in [-0.1, -0.05) is 32.0 Å². The van der Waals surface area contributed by atoms with Gasteiger partial charge in [0.2, 0.25) is 0 Å². The molecule has 0 aliphatic carbocycles. The highest BCUT2D eigenvalue weighted by molar-refractivity contribution is 5.89. The van der Waals surface area contributed by atoms with E-state index in [0.717, 1.165) is 6.08 Å². The lowest BCUT2D eigenvalue weighted by atomic mass is 10.1. The maximum absolute atomic E-state index is 13.3. The van der Waals surface area contributed by atoms with Crippen LogP contribution in [0.5, 0.6) is 0 Å². The van der Waals surface area contributed by atoms with Crippen LogP contribution in [0.1, 0.15) is 26.3 Å². The average molecular weight is 293 g/mol. The summed E-state index contributed by atoms with van der Waals surface area (Å²) in [6.07, 6.45) is 2.41. The SMILES string of the molecule is CC(C)[C@@H](C)NC(=O)COC(=O)/C=C/c1ccccc1F. The second kappa shape index (κ2) is 8.19. The van der Waals surface area contributed by atoms with Crippen LogP contribution in [0.25, 0.3) is 6.08 Å². The van der Waals surface area contributed by atoms with E-state index in [1.54, 1.807) is 12.1 Å². The Morgan fingerprint density at radius 1 is 1.29 bits per heavy atom. The van der Waals surface area contributed by atoms with Gasteiger partial charge in [-0.15, -0.1) is 0 Å². The van der Waals surface area contributed by atoms with E-state index in [2.05, 4.69) is 5.32 Å². The third-order valence-corrected chi connectivity index (χ3v) is 3.04. The molecule has 0 bridgehead atoms. The molecule has 21 heavy (non-hydrogen) atoms. The molecule has 1 atom stereocenters. The first-order valence-electron chi connectivity index (χ1n) is 6.79. The second-order valence-corrected chi connectivity index (χ2v) is 5.06. The van der Waals surface area contributed by atoms with Crippen molar-refractivity contribution in [2.75, 3.05) is 6.61 Å². The minimum Gasteiger partial charge on any atom is -0.452 e. The number of hydrogen-bond acceptors (Lipinski definition) is 3. The van der Waals surface area contributed by atoms with Crippen LogP contribution in [0, 0.1) is 11.7 Å². The molecule has 0 saturated carbocycles. The molecular formula is C16H20FNO3. The van der Waals surface area contributed by atoms with Gasteiger partial charge < -0.3 is 10.1 Å². The summed E-state index contributed by atoms with van der Waals surface area (Å²) in [7, 11) is 0. The molecule has 1 amide bonds. The van der Waals surface area contributed by atoms with Crippen LogP contribution in [0.15, 0.2) is 30.3 Å². The summed E-state index contributed by atoms with van der Waals surface area (Å²) in [4.78, 5) is 23.0. The van der Waals surface area contributed by atoms with E-state index >= 15 is 0 Å². The van der Waals surface area contributed by atoms with E-state index in [9.17, 15) is 14.0 Å². The van der Waals surface area contributed by atoms with Gasteiger partial charge in [0.25, 0.3) is 5.91 Å². The quantitative estimate of drug-likeness (QED) is 0.648. The number of rotatable bonds is 6. The molecule has 0 radical (unpaired) electrons. The van der Waals surface area contributed by atoms with Crippen LogP contribution >= 0.6 is 0 Å². The highest BCUT2D eigenvalue weighted by Crippen LogP contribution is 2.08. The van der Waals surface area contributed by atoms with Crippen LogP contribution in [-0.2, 0) is 14.3 Å². The Morgan fingerprint density at radius 3 is 2.57 bits per heavy atom. The Morgan fingerprint density at radius 2 is 1.95 bits per heavy atom. The summed E-state index contributed by atoms with van der Waals surface area (Å²) < 4.78 is 18.1. The van der Waals surface area contributed by atoms with Crippen LogP contribution in [-0.4, -0.2) is 24.5 Å². The van der Waals surface area contributed by atoms with Gasteiger partial charge in [-0.05, 0) is 25.0 Å². The number of esters is 1. The van der Waals surface area contributed by atoms with Gasteiger partial charge in [0.15, 0.2) is 6.61 Å². The average Bonchev–Trinajstić information content (AvgIpc) is 2.44. The molecule has 1 aromatic carbocycles. The minimum absolute atomic E-state index is 0.00478. The Kier molecular flexibility index (Phi) is 6.59. The number of halogens is 1. The van der Waals surface area contributed by atoms with Gasteiger partial charge in [-0.2, -0.15) is 0 Å². The Labute approximate surface area is 124 Å². The van der Waals surface area contributed by atoms with Gasteiger partial charge in [0.1, 0.15) is 5.82 Å². The van der Waals surface area contributed by atoms with E-state index in [0.29, 0.717) is 5.92 Å². The summed E-state index contributed by atoms with van der Waals surface area (Å²) in [5.41, 5.74) is 0.285. The molecule has 0 fully saturated rings. The predicted octanol–water partition coefficient (Wildman–Crippen LogP) is 2.54. The second-order valence-electron chi connectivity index (χ2n) is 5.06. The van der Waals surface area contributed by atoms with Gasteiger partial charge in [-0.25, -0.2) is 9.18 Å². The fourth-order valence-corrected chi connectivity index (χ4v) is 1.42. The van der Waals surface area contributed by atoms with Crippen molar-refractivity contribution in [1.29, 1.82) is 0 Å². The summed E-state index contributed by atoms with van der Waals surface area (Å²) >= 11 is 0. The minimum atomic E-state index is -0.689. The van der Waals surface area contributed by atoms with Crippen molar-refractivity contribution in [1.82, 2.24) is 5.32 Å². The van der Waals surface area contributed by atoms with E-state index in [1.807, 2.05) is 20.8 Å². The highest BCUT2D eigenvalue weighted by Gasteiger charge is 2.11. The fourth-order valence-electron chi connectivity index (χ4n) is 1.42. The van der Waals surface area contributed by atoms with Crippen molar-refractivity contribution < 1.29 is 18.7 Å². The van der Waals surface area contributed by atoms with Crippen molar-refractivity contribution in [3.63, 3.8) is 0 Å². The summed E-state index contributed by atoms with van der Waals surface area (Å²) in [6.45, 7) is 5.49. The zero-order valence-electron chi connectivity index (χ0n) is 12.4. The smallest absolute Gasteiger partial charge is 0.331 e. The Bertz CT molecular complexity index is 526. The molecule has 0 aliphatic heterocycles. The first kappa shape index (κ1) is 16.9. The monoisotopic (exact) mass is 293 g/mol. The zero-order chi connectivity index (χ0) is 15.8. The van der Waals surface area contributed by atoms with E-state index in [4.69, 9.17) is 4.74 Å². The van der Waals surface area contributed by atoms with Crippen molar-refractivity contribution in [2.24, 2.45) is 5.92 Å². The number of hydrogen-bond donors (Lipinski definition) is 1. The number of benzene rings is 1. The molecule has 1 rings (SSSR count). The Balaban J connectivity index is 2.41. The van der Waals surface area contributed by atoms with Gasteiger partial charge in [0, 0.05) is 17.7 Å². The third-order valence-electron chi connectivity index (χ3n) is 3.04. The lowest BCUT2D eigenvalue weighted by molar-refractivity contribution is -0.144. The molecular weight excluding hydrogens is 273 g/mol.